The third kappa shape index (κ3) is 2.71. The van der Waals surface area contributed by atoms with Crippen molar-refractivity contribution in [2.75, 3.05) is 11.9 Å². The molecule has 0 spiro atoms. The van der Waals surface area contributed by atoms with Gasteiger partial charge in [0.25, 0.3) is 0 Å². The molecule has 124 valence electrons. The first-order valence-electron chi connectivity index (χ1n) is 7.84. The maximum Gasteiger partial charge on any atom is 0.323 e. The van der Waals surface area contributed by atoms with E-state index in [-0.39, 0.29) is 12.1 Å². The number of urea groups is 1. The van der Waals surface area contributed by atoms with Crippen molar-refractivity contribution >= 4 is 23.2 Å². The number of amides is 2. The predicted octanol–water partition coefficient (Wildman–Crippen LogP) is 4.67. The lowest BCUT2D eigenvalue weighted by atomic mass is 10.2. The summed E-state index contributed by atoms with van der Waals surface area (Å²) in [6.45, 7) is 2.60. The maximum absolute atomic E-state index is 12.6. The van der Waals surface area contributed by atoms with E-state index in [9.17, 15) is 4.79 Å². The van der Waals surface area contributed by atoms with E-state index in [1.807, 2.05) is 29.3 Å². The molecule has 1 aliphatic heterocycles. The fourth-order valence-corrected chi connectivity index (χ4v) is 3.94. The normalized spacial score (nSPS) is 17.4. The van der Waals surface area contributed by atoms with Crippen molar-refractivity contribution in [2.24, 2.45) is 0 Å². The Labute approximate surface area is 143 Å². The predicted molar refractivity (Wildman–Crippen MR) is 91.0 cm³/mol. The number of thiophene rings is 1. The highest BCUT2D eigenvalue weighted by Crippen LogP contribution is 2.35. The third-order valence-electron chi connectivity index (χ3n) is 4.25. The van der Waals surface area contributed by atoms with Gasteiger partial charge in [0, 0.05) is 17.5 Å². The van der Waals surface area contributed by atoms with Crippen LogP contribution in [0.2, 0.25) is 0 Å². The molecule has 3 aromatic heterocycles. The lowest BCUT2D eigenvalue weighted by molar-refractivity contribution is 0.207. The molecule has 1 unspecified atom stereocenters. The molecule has 1 saturated heterocycles. The summed E-state index contributed by atoms with van der Waals surface area (Å²) in [6.07, 6.45) is 3.60. The molecule has 1 aliphatic rings. The minimum Gasteiger partial charge on any atom is -0.469 e. The van der Waals surface area contributed by atoms with Gasteiger partial charge in [-0.15, -0.1) is 11.3 Å². The Hall–Kier alpha value is -2.54. The summed E-state index contributed by atoms with van der Waals surface area (Å²) < 4.78 is 10.6. The van der Waals surface area contributed by atoms with Crippen molar-refractivity contribution in [2.45, 2.75) is 25.8 Å². The van der Waals surface area contributed by atoms with Crippen molar-refractivity contribution in [3.63, 3.8) is 0 Å². The quantitative estimate of drug-likeness (QED) is 0.750. The van der Waals surface area contributed by atoms with E-state index in [2.05, 4.69) is 16.5 Å². The highest BCUT2D eigenvalue weighted by Gasteiger charge is 2.31. The standard InChI is InChI=1S/C17H17N3O3S/c1-11-12(6-8-22-11)14-10-16(19-23-14)18-17(21)20-7-2-4-13(20)15-5-3-9-24-15/h3,5-6,8-10,13H,2,4,7H2,1H3,(H,18,19,21). The van der Waals surface area contributed by atoms with Crippen LogP contribution in [0.5, 0.6) is 0 Å². The molecule has 0 saturated carbocycles. The lowest BCUT2D eigenvalue weighted by Gasteiger charge is -2.23. The van der Waals surface area contributed by atoms with E-state index in [0.29, 0.717) is 11.6 Å². The van der Waals surface area contributed by atoms with Crippen LogP contribution in [0.1, 0.15) is 29.5 Å². The first kappa shape index (κ1) is 15.0. The van der Waals surface area contributed by atoms with E-state index >= 15 is 0 Å². The van der Waals surface area contributed by atoms with Crippen molar-refractivity contribution in [1.29, 1.82) is 0 Å². The molecular formula is C17H17N3O3S. The summed E-state index contributed by atoms with van der Waals surface area (Å²) in [5, 5.41) is 8.82. The molecule has 24 heavy (non-hydrogen) atoms. The van der Waals surface area contributed by atoms with E-state index < -0.39 is 0 Å². The second kappa shape index (κ2) is 6.16. The molecular weight excluding hydrogens is 326 g/mol. The zero-order valence-electron chi connectivity index (χ0n) is 13.2. The number of furan rings is 1. The Kier molecular flexibility index (Phi) is 3.86. The van der Waals surface area contributed by atoms with Gasteiger partial charge >= 0.3 is 6.03 Å². The number of carbonyl (C=O) groups is 1. The van der Waals surface area contributed by atoms with Gasteiger partial charge in [-0.05, 0) is 37.3 Å². The number of likely N-dealkylation sites (tertiary alicyclic amines) is 1. The van der Waals surface area contributed by atoms with E-state index in [1.165, 1.54) is 4.88 Å². The number of hydrogen-bond acceptors (Lipinski definition) is 5. The summed E-state index contributed by atoms with van der Waals surface area (Å²) in [4.78, 5) is 15.7. The molecule has 2 amide bonds. The molecule has 4 heterocycles. The largest absolute Gasteiger partial charge is 0.469 e. The summed E-state index contributed by atoms with van der Waals surface area (Å²) in [5.41, 5.74) is 0.834. The number of aromatic nitrogens is 1. The highest BCUT2D eigenvalue weighted by atomic mass is 32.1. The number of anilines is 1. The monoisotopic (exact) mass is 343 g/mol. The first-order valence-corrected chi connectivity index (χ1v) is 8.72. The van der Waals surface area contributed by atoms with Crippen molar-refractivity contribution in [3.05, 3.63) is 46.5 Å². The Bertz CT molecular complexity index is 837. The van der Waals surface area contributed by atoms with Crippen LogP contribution < -0.4 is 5.32 Å². The summed E-state index contributed by atoms with van der Waals surface area (Å²) in [7, 11) is 0. The van der Waals surface area contributed by atoms with E-state index in [4.69, 9.17) is 8.94 Å². The highest BCUT2D eigenvalue weighted by molar-refractivity contribution is 7.10. The molecule has 0 bridgehead atoms. The smallest absolute Gasteiger partial charge is 0.323 e. The van der Waals surface area contributed by atoms with Gasteiger partial charge in [-0.3, -0.25) is 5.32 Å². The van der Waals surface area contributed by atoms with Gasteiger partial charge in [0.05, 0.1) is 17.9 Å². The fourth-order valence-electron chi connectivity index (χ4n) is 3.07. The lowest BCUT2D eigenvalue weighted by Crippen LogP contribution is -2.34. The maximum atomic E-state index is 12.6. The van der Waals surface area contributed by atoms with Gasteiger partial charge in [0.2, 0.25) is 0 Å². The Morgan fingerprint density at radius 2 is 2.38 bits per heavy atom. The minimum atomic E-state index is -0.144. The molecule has 7 heteroatoms. The summed E-state index contributed by atoms with van der Waals surface area (Å²) >= 11 is 1.69. The van der Waals surface area contributed by atoms with Crippen molar-refractivity contribution < 1.29 is 13.7 Å². The second-order valence-electron chi connectivity index (χ2n) is 5.76. The van der Waals surface area contributed by atoms with Gasteiger partial charge in [-0.25, -0.2) is 4.79 Å². The molecule has 3 aromatic rings. The van der Waals surface area contributed by atoms with Crippen LogP contribution in [-0.2, 0) is 0 Å². The molecule has 0 aromatic carbocycles. The first-order chi connectivity index (χ1) is 11.7. The van der Waals surface area contributed by atoms with Crippen LogP contribution in [0.25, 0.3) is 11.3 Å². The summed E-state index contributed by atoms with van der Waals surface area (Å²) in [5.74, 6) is 1.74. The zero-order chi connectivity index (χ0) is 16.5. The van der Waals surface area contributed by atoms with Gasteiger partial charge in [-0.1, -0.05) is 11.2 Å². The number of carbonyl (C=O) groups excluding carboxylic acids is 1. The Morgan fingerprint density at radius 3 is 3.12 bits per heavy atom. The average molecular weight is 343 g/mol. The van der Waals surface area contributed by atoms with E-state index in [1.54, 1.807) is 23.7 Å². The van der Waals surface area contributed by atoms with Crippen LogP contribution in [-0.4, -0.2) is 22.6 Å². The SMILES string of the molecule is Cc1occc1-c1cc(NC(=O)N2CCCC2c2cccs2)no1. The van der Waals surface area contributed by atoms with Gasteiger partial charge in [0.15, 0.2) is 11.6 Å². The fraction of sp³-hybridized carbons (Fsp3) is 0.294. The molecule has 6 nitrogen and oxygen atoms in total. The molecule has 0 aliphatic carbocycles. The number of rotatable bonds is 3. The van der Waals surface area contributed by atoms with Gasteiger partial charge in [0.1, 0.15) is 5.76 Å². The Morgan fingerprint density at radius 1 is 1.46 bits per heavy atom. The molecule has 0 radical (unpaired) electrons. The molecule has 1 fully saturated rings. The van der Waals surface area contributed by atoms with Crippen molar-refractivity contribution in [3.8, 4) is 11.3 Å². The molecule has 1 atom stereocenters. The molecule has 1 N–H and O–H groups in total. The van der Waals surface area contributed by atoms with Crippen LogP contribution in [0.4, 0.5) is 10.6 Å². The Balaban J connectivity index is 1.48. The van der Waals surface area contributed by atoms with Crippen LogP contribution in [0.15, 0.2) is 44.8 Å². The molecule has 4 rings (SSSR count). The number of hydrogen-bond donors (Lipinski definition) is 1. The van der Waals surface area contributed by atoms with E-state index in [0.717, 1.165) is 30.7 Å². The second-order valence-corrected chi connectivity index (χ2v) is 6.74. The summed E-state index contributed by atoms with van der Waals surface area (Å²) in [6, 6.07) is 7.63. The van der Waals surface area contributed by atoms with Crippen molar-refractivity contribution in [1.82, 2.24) is 10.1 Å². The van der Waals surface area contributed by atoms with Gasteiger partial charge in [-0.2, -0.15) is 0 Å². The minimum absolute atomic E-state index is 0.144. The number of nitrogens with one attached hydrogen (secondary N) is 1. The number of nitrogens with zero attached hydrogens (tertiary/aromatic N) is 2. The van der Waals surface area contributed by atoms with Crippen LogP contribution in [0.3, 0.4) is 0 Å². The topological polar surface area (TPSA) is 71.5 Å². The average Bonchev–Trinajstić information content (AvgIpc) is 3.34. The third-order valence-corrected chi connectivity index (χ3v) is 5.23. The van der Waals surface area contributed by atoms with Crippen LogP contribution in [0, 0.1) is 6.92 Å². The van der Waals surface area contributed by atoms with Gasteiger partial charge < -0.3 is 13.8 Å². The van der Waals surface area contributed by atoms with Crippen LogP contribution >= 0.6 is 11.3 Å². The number of aryl methyl sites for hydroxylation is 1. The zero-order valence-corrected chi connectivity index (χ0v) is 14.0.